The second kappa shape index (κ2) is 6.50. The SMILES string of the molecule is CCC(C)CC(C)NC(=O)c1cc(F)c(N)c(F)c1. The molecule has 0 aliphatic rings. The summed E-state index contributed by atoms with van der Waals surface area (Å²) in [6.07, 6.45) is 1.84. The topological polar surface area (TPSA) is 55.1 Å². The van der Waals surface area contributed by atoms with Gasteiger partial charge < -0.3 is 11.1 Å². The Labute approximate surface area is 112 Å². The molecule has 0 aromatic heterocycles. The van der Waals surface area contributed by atoms with E-state index in [0.717, 1.165) is 25.0 Å². The van der Waals surface area contributed by atoms with E-state index in [4.69, 9.17) is 5.73 Å². The Bertz CT molecular complexity index is 440. The average Bonchev–Trinajstić information content (AvgIpc) is 2.34. The molecule has 5 heteroatoms. The molecule has 3 nitrogen and oxygen atoms in total. The number of rotatable bonds is 5. The highest BCUT2D eigenvalue weighted by Crippen LogP contribution is 2.17. The molecule has 1 aromatic carbocycles. The maximum absolute atomic E-state index is 13.3. The van der Waals surface area contributed by atoms with Crippen LogP contribution in [0.5, 0.6) is 0 Å². The van der Waals surface area contributed by atoms with E-state index in [-0.39, 0.29) is 11.6 Å². The Hall–Kier alpha value is -1.65. The van der Waals surface area contributed by atoms with Gasteiger partial charge in [-0.05, 0) is 31.4 Å². The van der Waals surface area contributed by atoms with E-state index in [1.807, 2.05) is 6.92 Å². The van der Waals surface area contributed by atoms with E-state index in [9.17, 15) is 13.6 Å². The number of hydrogen-bond acceptors (Lipinski definition) is 2. The highest BCUT2D eigenvalue weighted by Gasteiger charge is 2.15. The van der Waals surface area contributed by atoms with Crippen molar-refractivity contribution in [1.29, 1.82) is 0 Å². The van der Waals surface area contributed by atoms with Gasteiger partial charge in [0.2, 0.25) is 0 Å². The summed E-state index contributed by atoms with van der Waals surface area (Å²) >= 11 is 0. The highest BCUT2D eigenvalue weighted by atomic mass is 19.1. The number of nitrogen functional groups attached to an aromatic ring is 1. The molecule has 0 fully saturated rings. The number of anilines is 1. The number of carbonyl (C=O) groups is 1. The fourth-order valence-corrected chi connectivity index (χ4v) is 1.85. The molecule has 1 rings (SSSR count). The molecule has 106 valence electrons. The molecule has 1 aromatic rings. The van der Waals surface area contributed by atoms with Gasteiger partial charge >= 0.3 is 0 Å². The fraction of sp³-hybridized carbons (Fsp3) is 0.500. The first kappa shape index (κ1) is 15.4. The van der Waals surface area contributed by atoms with E-state index in [2.05, 4.69) is 19.2 Å². The van der Waals surface area contributed by atoms with Crippen molar-refractivity contribution in [1.82, 2.24) is 5.32 Å². The number of hydrogen-bond donors (Lipinski definition) is 2. The van der Waals surface area contributed by atoms with Gasteiger partial charge in [-0.2, -0.15) is 0 Å². The molecule has 0 bridgehead atoms. The normalized spacial score (nSPS) is 13.9. The number of nitrogens with one attached hydrogen (secondary N) is 1. The minimum Gasteiger partial charge on any atom is -0.394 e. The molecule has 0 spiro atoms. The zero-order chi connectivity index (χ0) is 14.6. The van der Waals surface area contributed by atoms with Crippen LogP contribution >= 0.6 is 0 Å². The second-order valence-corrected chi connectivity index (χ2v) is 4.98. The number of nitrogens with two attached hydrogens (primary N) is 1. The van der Waals surface area contributed by atoms with E-state index in [1.165, 1.54) is 0 Å². The van der Waals surface area contributed by atoms with Crippen LogP contribution in [0, 0.1) is 17.6 Å². The molecular weight excluding hydrogens is 250 g/mol. The number of benzene rings is 1. The molecule has 3 N–H and O–H groups in total. The third kappa shape index (κ3) is 4.19. The molecule has 2 atom stereocenters. The monoisotopic (exact) mass is 270 g/mol. The molecule has 19 heavy (non-hydrogen) atoms. The van der Waals surface area contributed by atoms with Crippen LogP contribution in [-0.4, -0.2) is 11.9 Å². The molecule has 0 radical (unpaired) electrons. The van der Waals surface area contributed by atoms with E-state index < -0.39 is 23.2 Å². The lowest BCUT2D eigenvalue weighted by Crippen LogP contribution is -2.33. The Morgan fingerprint density at radius 2 is 1.84 bits per heavy atom. The van der Waals surface area contributed by atoms with E-state index in [1.54, 1.807) is 0 Å². The van der Waals surface area contributed by atoms with Gasteiger partial charge in [-0.3, -0.25) is 4.79 Å². The van der Waals surface area contributed by atoms with Crippen molar-refractivity contribution in [2.24, 2.45) is 5.92 Å². The smallest absolute Gasteiger partial charge is 0.251 e. The zero-order valence-corrected chi connectivity index (χ0v) is 11.5. The van der Waals surface area contributed by atoms with Gasteiger partial charge in [0, 0.05) is 11.6 Å². The molecule has 0 aliphatic carbocycles. The minimum absolute atomic E-state index is 0.0499. The van der Waals surface area contributed by atoms with Crippen LogP contribution in [0.25, 0.3) is 0 Å². The van der Waals surface area contributed by atoms with Crippen LogP contribution in [0.2, 0.25) is 0 Å². The van der Waals surface area contributed by atoms with Gasteiger partial charge in [-0.15, -0.1) is 0 Å². The van der Waals surface area contributed by atoms with Crippen LogP contribution in [-0.2, 0) is 0 Å². The van der Waals surface area contributed by atoms with Crippen molar-refractivity contribution in [2.75, 3.05) is 5.73 Å². The van der Waals surface area contributed by atoms with Gasteiger partial charge in [-0.1, -0.05) is 20.3 Å². The minimum atomic E-state index is -0.917. The highest BCUT2D eigenvalue weighted by molar-refractivity contribution is 5.94. The van der Waals surface area contributed by atoms with Gasteiger partial charge in [-0.25, -0.2) is 8.78 Å². The summed E-state index contributed by atoms with van der Waals surface area (Å²) in [5.41, 5.74) is 4.53. The Kier molecular flexibility index (Phi) is 5.27. The first-order valence-electron chi connectivity index (χ1n) is 6.40. The predicted octanol–water partition coefficient (Wildman–Crippen LogP) is 3.10. The fourth-order valence-electron chi connectivity index (χ4n) is 1.85. The van der Waals surface area contributed by atoms with Crippen LogP contribution in [0.15, 0.2) is 12.1 Å². The maximum atomic E-state index is 13.3. The molecular formula is C14H20F2N2O. The Balaban J connectivity index is 2.73. The summed E-state index contributed by atoms with van der Waals surface area (Å²) in [6, 6.07) is 1.85. The molecule has 1 amide bonds. The van der Waals surface area contributed by atoms with Crippen molar-refractivity contribution in [3.05, 3.63) is 29.3 Å². The zero-order valence-electron chi connectivity index (χ0n) is 11.5. The van der Waals surface area contributed by atoms with Crippen LogP contribution in [0.1, 0.15) is 44.0 Å². The Morgan fingerprint density at radius 1 is 1.32 bits per heavy atom. The number of amides is 1. The summed E-state index contributed by atoms with van der Waals surface area (Å²) in [6.45, 7) is 6.03. The first-order chi connectivity index (χ1) is 8.85. The average molecular weight is 270 g/mol. The maximum Gasteiger partial charge on any atom is 0.251 e. The molecule has 0 saturated heterocycles. The number of halogens is 2. The summed E-state index contributed by atoms with van der Waals surface area (Å²) in [5, 5.41) is 2.72. The predicted molar refractivity (Wildman–Crippen MR) is 71.8 cm³/mol. The summed E-state index contributed by atoms with van der Waals surface area (Å²) in [5.74, 6) is -1.84. The Morgan fingerprint density at radius 3 is 2.32 bits per heavy atom. The quantitative estimate of drug-likeness (QED) is 0.808. The van der Waals surface area contributed by atoms with Crippen molar-refractivity contribution in [2.45, 2.75) is 39.7 Å². The summed E-state index contributed by atoms with van der Waals surface area (Å²) < 4.78 is 26.5. The van der Waals surface area contributed by atoms with Crippen molar-refractivity contribution in [3.8, 4) is 0 Å². The number of carbonyl (C=O) groups excluding carboxylic acids is 1. The summed E-state index contributed by atoms with van der Waals surface area (Å²) in [7, 11) is 0. The van der Waals surface area contributed by atoms with Crippen LogP contribution in [0.3, 0.4) is 0 Å². The van der Waals surface area contributed by atoms with Gasteiger partial charge in [0.25, 0.3) is 5.91 Å². The lowest BCUT2D eigenvalue weighted by Gasteiger charge is -2.17. The molecule has 0 saturated carbocycles. The lowest BCUT2D eigenvalue weighted by atomic mass is 10.00. The van der Waals surface area contributed by atoms with Crippen molar-refractivity contribution >= 4 is 11.6 Å². The van der Waals surface area contributed by atoms with Gasteiger partial charge in [0.1, 0.15) is 17.3 Å². The van der Waals surface area contributed by atoms with Crippen LogP contribution < -0.4 is 11.1 Å². The third-order valence-electron chi connectivity index (χ3n) is 3.17. The largest absolute Gasteiger partial charge is 0.394 e. The third-order valence-corrected chi connectivity index (χ3v) is 3.17. The second-order valence-electron chi connectivity index (χ2n) is 4.98. The van der Waals surface area contributed by atoms with Crippen molar-refractivity contribution in [3.63, 3.8) is 0 Å². The van der Waals surface area contributed by atoms with E-state index >= 15 is 0 Å². The summed E-state index contributed by atoms with van der Waals surface area (Å²) in [4.78, 5) is 11.9. The lowest BCUT2D eigenvalue weighted by molar-refractivity contribution is 0.0934. The van der Waals surface area contributed by atoms with Crippen LogP contribution in [0.4, 0.5) is 14.5 Å². The van der Waals surface area contributed by atoms with E-state index in [0.29, 0.717) is 5.92 Å². The molecule has 0 heterocycles. The molecule has 0 aliphatic heterocycles. The standard InChI is InChI=1S/C14H20F2N2O/c1-4-8(2)5-9(3)18-14(19)10-6-11(15)13(17)12(16)7-10/h6-9H,4-5,17H2,1-3H3,(H,18,19). The molecule has 2 unspecified atom stereocenters. The van der Waals surface area contributed by atoms with Gasteiger partial charge in [0.15, 0.2) is 0 Å². The van der Waals surface area contributed by atoms with Crippen molar-refractivity contribution < 1.29 is 13.6 Å². The van der Waals surface area contributed by atoms with Gasteiger partial charge in [0.05, 0.1) is 0 Å². The first-order valence-corrected chi connectivity index (χ1v) is 6.40.